The maximum absolute atomic E-state index is 13.9. The van der Waals surface area contributed by atoms with Crippen LogP contribution >= 0.6 is 0 Å². The van der Waals surface area contributed by atoms with E-state index in [2.05, 4.69) is 92.0 Å². The van der Waals surface area contributed by atoms with Gasteiger partial charge in [-0.2, -0.15) is 0 Å². The fourth-order valence-electron chi connectivity index (χ4n) is 4.79. The molecule has 0 bridgehead atoms. The van der Waals surface area contributed by atoms with Crippen molar-refractivity contribution < 1.29 is 12.7 Å². The molecule has 0 fully saturated rings. The van der Waals surface area contributed by atoms with E-state index in [0.717, 1.165) is 13.3 Å². The van der Waals surface area contributed by atoms with E-state index in [1.165, 1.54) is 29.7 Å². The minimum atomic E-state index is -3.76. The topological polar surface area (TPSA) is 55.4 Å². The number of rotatable bonds is 13. The van der Waals surface area contributed by atoms with E-state index in [9.17, 15) is 9.59 Å². The number of hydrogen-bond acceptors (Lipinski definition) is 4. The van der Waals surface area contributed by atoms with Crippen LogP contribution in [0.4, 0.5) is 0 Å². The van der Waals surface area contributed by atoms with Crippen molar-refractivity contribution in [3.63, 3.8) is 0 Å². The Hall–Kier alpha value is -2.86. The SMILES string of the molecule is CC(=O)/C=C(/C)N[C@@H](CC(C)C)C(=O)[O][Sn]([CH2]c1ccccc1)([CH2]c1ccccc1)[CH2]c1ccccc1. The molecule has 0 saturated heterocycles. The first-order chi connectivity index (χ1) is 17.7. The minimum absolute atomic E-state index is 0.0487. The van der Waals surface area contributed by atoms with Crippen molar-refractivity contribution in [3.8, 4) is 0 Å². The van der Waals surface area contributed by atoms with E-state index in [1.54, 1.807) is 0 Å². The van der Waals surface area contributed by atoms with Crippen molar-refractivity contribution in [1.29, 1.82) is 0 Å². The molecule has 5 heteroatoms. The van der Waals surface area contributed by atoms with E-state index in [-0.39, 0.29) is 17.7 Å². The van der Waals surface area contributed by atoms with Crippen LogP contribution in [0, 0.1) is 5.92 Å². The van der Waals surface area contributed by atoms with Gasteiger partial charge in [-0.3, -0.25) is 0 Å². The Balaban J connectivity index is 2.02. The molecule has 1 atom stereocenters. The molecule has 0 heterocycles. The summed E-state index contributed by atoms with van der Waals surface area (Å²) >= 11 is -3.76. The summed E-state index contributed by atoms with van der Waals surface area (Å²) in [6.45, 7) is 7.54. The van der Waals surface area contributed by atoms with Crippen molar-refractivity contribution in [3.05, 3.63) is 119 Å². The molecule has 0 spiro atoms. The zero-order valence-electron chi connectivity index (χ0n) is 22.4. The van der Waals surface area contributed by atoms with Gasteiger partial charge in [-0.25, -0.2) is 0 Å². The summed E-state index contributed by atoms with van der Waals surface area (Å²) in [6, 6.07) is 30.7. The third-order valence-electron chi connectivity index (χ3n) is 6.24. The first kappa shape index (κ1) is 28.7. The summed E-state index contributed by atoms with van der Waals surface area (Å²) in [6.07, 6.45) is 2.17. The van der Waals surface area contributed by atoms with Gasteiger partial charge in [-0.15, -0.1) is 0 Å². The van der Waals surface area contributed by atoms with Crippen molar-refractivity contribution in [2.45, 2.75) is 53.5 Å². The second-order valence-electron chi connectivity index (χ2n) is 10.4. The fraction of sp³-hybridized carbons (Fsp3) is 0.312. The van der Waals surface area contributed by atoms with Crippen LogP contribution in [0.15, 0.2) is 103 Å². The van der Waals surface area contributed by atoms with Crippen molar-refractivity contribution in [2.24, 2.45) is 5.92 Å². The monoisotopic (exact) mass is 605 g/mol. The summed E-state index contributed by atoms with van der Waals surface area (Å²) in [5.41, 5.74) is 4.31. The van der Waals surface area contributed by atoms with Crippen LogP contribution < -0.4 is 5.32 Å². The number of allylic oxidation sites excluding steroid dienone is 2. The Labute approximate surface area is 226 Å². The van der Waals surface area contributed by atoms with Crippen LogP contribution in [0.1, 0.15) is 50.8 Å². The Morgan fingerprint density at radius 1 is 0.757 bits per heavy atom. The van der Waals surface area contributed by atoms with Crippen LogP contribution in [-0.4, -0.2) is 36.6 Å². The number of ketones is 1. The normalized spacial score (nSPS) is 12.7. The van der Waals surface area contributed by atoms with E-state index in [0.29, 0.717) is 12.1 Å². The summed E-state index contributed by atoms with van der Waals surface area (Å²) < 4.78 is 9.20. The number of hydrogen-bond donors (Lipinski definition) is 1. The summed E-state index contributed by atoms with van der Waals surface area (Å²) in [5, 5.41) is 3.29. The number of benzene rings is 3. The third-order valence-corrected chi connectivity index (χ3v) is 17.1. The molecule has 0 aliphatic heterocycles. The summed E-state index contributed by atoms with van der Waals surface area (Å²) in [4.78, 5) is 25.6. The Bertz CT molecular complexity index is 1060. The van der Waals surface area contributed by atoms with Gasteiger partial charge >= 0.3 is 227 Å². The Morgan fingerprint density at radius 2 is 1.16 bits per heavy atom. The van der Waals surface area contributed by atoms with Crippen LogP contribution in [0.5, 0.6) is 0 Å². The predicted octanol–water partition coefficient (Wildman–Crippen LogP) is 6.32. The Morgan fingerprint density at radius 3 is 1.51 bits per heavy atom. The standard InChI is InChI=1S/C11H19NO3.3C7H7.Sn/c1-7(2)5-10(11(14)15)12-8(3)6-9(4)13;3*1-7-5-3-2-4-6-7;/h6-7,10,12H,5H2,1-4H3,(H,14,15);3*2-6H,1H2;/q;;;;+1/p-1/b8-6-;;;;/t10-;;;;/m0..../s1. The molecule has 0 aromatic heterocycles. The van der Waals surface area contributed by atoms with E-state index >= 15 is 0 Å². The summed E-state index contributed by atoms with van der Waals surface area (Å²) in [7, 11) is 0. The van der Waals surface area contributed by atoms with Crippen LogP contribution in [-0.2, 0) is 26.0 Å². The first-order valence-electron chi connectivity index (χ1n) is 13.0. The fourth-order valence-corrected chi connectivity index (χ4v) is 16.5. The van der Waals surface area contributed by atoms with Crippen molar-refractivity contribution >= 4 is 30.5 Å². The molecule has 0 aliphatic rings. The maximum atomic E-state index is 13.9. The third kappa shape index (κ3) is 9.84. The molecular weight excluding hydrogens is 565 g/mol. The molecule has 1 N–H and O–H groups in total. The number of carbonyl (C=O) groups is 2. The molecule has 194 valence electrons. The van der Waals surface area contributed by atoms with Gasteiger partial charge < -0.3 is 0 Å². The average molecular weight is 604 g/mol. The second kappa shape index (κ2) is 14.2. The molecule has 4 nitrogen and oxygen atoms in total. The van der Waals surface area contributed by atoms with Crippen LogP contribution in [0.2, 0.25) is 0 Å². The van der Waals surface area contributed by atoms with Crippen molar-refractivity contribution in [1.82, 2.24) is 5.32 Å². The molecule has 37 heavy (non-hydrogen) atoms. The number of carbonyl (C=O) groups excluding carboxylic acids is 2. The predicted molar refractivity (Wildman–Crippen MR) is 153 cm³/mol. The molecule has 0 amide bonds. The molecular formula is C32H39NO3Sn. The number of nitrogens with one attached hydrogen (secondary N) is 1. The van der Waals surface area contributed by atoms with Gasteiger partial charge in [-0.1, -0.05) is 0 Å². The van der Waals surface area contributed by atoms with Crippen LogP contribution in [0.25, 0.3) is 0 Å². The quantitative estimate of drug-likeness (QED) is 0.184. The van der Waals surface area contributed by atoms with Gasteiger partial charge in [0.05, 0.1) is 0 Å². The molecule has 3 rings (SSSR count). The van der Waals surface area contributed by atoms with Gasteiger partial charge in [0, 0.05) is 0 Å². The van der Waals surface area contributed by atoms with E-state index in [1.807, 2.05) is 25.1 Å². The van der Waals surface area contributed by atoms with E-state index < -0.39 is 24.8 Å². The first-order valence-corrected chi connectivity index (χ1v) is 20.3. The van der Waals surface area contributed by atoms with Gasteiger partial charge in [-0.05, 0) is 0 Å². The molecule has 0 saturated carbocycles. The molecule has 0 aliphatic carbocycles. The van der Waals surface area contributed by atoms with Crippen LogP contribution in [0.3, 0.4) is 0 Å². The molecule has 3 aromatic rings. The molecule has 3 aromatic carbocycles. The zero-order chi connectivity index (χ0) is 26.7. The van der Waals surface area contributed by atoms with Gasteiger partial charge in [0.15, 0.2) is 0 Å². The summed E-state index contributed by atoms with van der Waals surface area (Å²) in [5.74, 6) is 0.0353. The van der Waals surface area contributed by atoms with Gasteiger partial charge in [0.1, 0.15) is 0 Å². The van der Waals surface area contributed by atoms with Gasteiger partial charge in [0.25, 0.3) is 0 Å². The van der Waals surface area contributed by atoms with E-state index in [4.69, 9.17) is 3.07 Å². The zero-order valence-corrected chi connectivity index (χ0v) is 25.3. The second-order valence-corrected chi connectivity index (χ2v) is 20.7. The molecule has 0 radical (unpaired) electrons. The average Bonchev–Trinajstić information content (AvgIpc) is 2.84. The van der Waals surface area contributed by atoms with Gasteiger partial charge in [0.2, 0.25) is 0 Å². The van der Waals surface area contributed by atoms with Crippen molar-refractivity contribution in [2.75, 3.05) is 0 Å². The molecule has 0 unspecified atom stereocenters. The Kier molecular flexibility index (Phi) is 11.0.